The Hall–Kier alpha value is -4.21. The number of carbonyl (C=O) groups excluding carboxylic acids is 1. The molecular formula is C28H21ClN2O4. The molecule has 5 rings (SSSR count). The molecule has 0 saturated heterocycles. The average Bonchev–Trinajstić information content (AvgIpc) is 3.14. The van der Waals surface area contributed by atoms with Crippen LogP contribution in [-0.4, -0.2) is 5.97 Å². The van der Waals surface area contributed by atoms with Crippen molar-refractivity contribution < 1.29 is 18.7 Å². The molecule has 1 aromatic heterocycles. The minimum atomic E-state index is -0.612. The normalized spacial score (nSPS) is 14.9. The molecule has 7 heteroatoms. The fraction of sp³-hybridized carbons (Fsp3) is 0.143. The number of halogens is 1. The van der Waals surface area contributed by atoms with Gasteiger partial charge in [-0.25, -0.2) is 4.79 Å². The van der Waals surface area contributed by atoms with Gasteiger partial charge < -0.3 is 19.6 Å². The third-order valence-corrected chi connectivity index (χ3v) is 6.37. The number of hydrogen-bond donors (Lipinski definition) is 1. The van der Waals surface area contributed by atoms with Gasteiger partial charge in [-0.15, -0.1) is 0 Å². The summed E-state index contributed by atoms with van der Waals surface area (Å²) in [5, 5.41) is 11.2. The first kappa shape index (κ1) is 22.6. The van der Waals surface area contributed by atoms with E-state index in [1.807, 2.05) is 45.0 Å². The number of furan rings is 1. The summed E-state index contributed by atoms with van der Waals surface area (Å²) >= 11 is 6.19. The Morgan fingerprint density at radius 1 is 1.11 bits per heavy atom. The SMILES string of the molecule is Cc1cc(C)c2c(C)c(C(=O)Oc3ccc4c(c3)OC(N)=C(C#N)C4c3cccc(Cl)c3)oc2c1. The fourth-order valence-electron chi connectivity index (χ4n) is 4.67. The first-order valence-corrected chi connectivity index (χ1v) is 11.3. The Labute approximate surface area is 207 Å². The molecule has 0 bridgehead atoms. The van der Waals surface area contributed by atoms with E-state index in [9.17, 15) is 10.1 Å². The van der Waals surface area contributed by atoms with Gasteiger partial charge in [-0.05, 0) is 61.7 Å². The molecule has 174 valence electrons. The van der Waals surface area contributed by atoms with Crippen LogP contribution in [-0.2, 0) is 0 Å². The van der Waals surface area contributed by atoms with Crippen molar-refractivity contribution in [1.82, 2.24) is 0 Å². The number of ether oxygens (including phenoxy) is 2. The fourth-order valence-corrected chi connectivity index (χ4v) is 4.86. The summed E-state index contributed by atoms with van der Waals surface area (Å²) in [6.45, 7) is 5.80. The summed E-state index contributed by atoms with van der Waals surface area (Å²) in [5.41, 5.74) is 11.3. The van der Waals surface area contributed by atoms with E-state index in [1.54, 1.807) is 30.3 Å². The zero-order valence-corrected chi connectivity index (χ0v) is 20.1. The van der Waals surface area contributed by atoms with Crippen LogP contribution in [0.15, 0.2) is 70.5 Å². The quantitative estimate of drug-likeness (QED) is 0.265. The highest BCUT2D eigenvalue weighted by atomic mass is 35.5. The maximum atomic E-state index is 13.0. The molecule has 0 radical (unpaired) electrons. The number of allylic oxidation sites excluding steroid dienone is 1. The Morgan fingerprint density at radius 3 is 2.66 bits per heavy atom. The molecule has 0 amide bonds. The molecule has 0 fully saturated rings. The number of carbonyl (C=O) groups is 1. The number of nitriles is 1. The van der Waals surface area contributed by atoms with Crippen LogP contribution in [0.5, 0.6) is 11.5 Å². The van der Waals surface area contributed by atoms with Gasteiger partial charge in [0.25, 0.3) is 0 Å². The minimum Gasteiger partial charge on any atom is -0.449 e. The van der Waals surface area contributed by atoms with Crippen molar-refractivity contribution in [2.75, 3.05) is 0 Å². The van der Waals surface area contributed by atoms with Crippen LogP contribution in [0.3, 0.4) is 0 Å². The monoisotopic (exact) mass is 484 g/mol. The van der Waals surface area contributed by atoms with Crippen LogP contribution in [0.25, 0.3) is 11.0 Å². The van der Waals surface area contributed by atoms with Crippen LogP contribution >= 0.6 is 11.6 Å². The molecule has 1 atom stereocenters. The molecule has 35 heavy (non-hydrogen) atoms. The first-order chi connectivity index (χ1) is 16.8. The van der Waals surface area contributed by atoms with Crippen molar-refractivity contribution >= 4 is 28.5 Å². The van der Waals surface area contributed by atoms with E-state index >= 15 is 0 Å². The van der Waals surface area contributed by atoms with Crippen molar-refractivity contribution in [2.24, 2.45) is 5.73 Å². The molecule has 4 aromatic rings. The summed E-state index contributed by atoms with van der Waals surface area (Å²) in [7, 11) is 0. The highest BCUT2D eigenvalue weighted by Gasteiger charge is 2.31. The zero-order chi connectivity index (χ0) is 24.9. The average molecular weight is 485 g/mol. The number of nitrogens with two attached hydrogens (primary N) is 1. The number of esters is 1. The van der Waals surface area contributed by atoms with Crippen molar-refractivity contribution in [2.45, 2.75) is 26.7 Å². The van der Waals surface area contributed by atoms with E-state index in [-0.39, 0.29) is 23.0 Å². The van der Waals surface area contributed by atoms with E-state index in [1.165, 1.54) is 0 Å². The van der Waals surface area contributed by atoms with Crippen LogP contribution < -0.4 is 15.2 Å². The summed E-state index contributed by atoms with van der Waals surface area (Å²) < 4.78 is 17.2. The molecule has 3 aromatic carbocycles. The van der Waals surface area contributed by atoms with Gasteiger partial charge in [0.1, 0.15) is 28.7 Å². The Balaban J connectivity index is 1.50. The van der Waals surface area contributed by atoms with Crippen molar-refractivity contribution in [1.29, 1.82) is 5.26 Å². The Bertz CT molecular complexity index is 1590. The van der Waals surface area contributed by atoms with E-state index in [0.717, 1.165) is 27.6 Å². The lowest BCUT2D eigenvalue weighted by Gasteiger charge is -2.26. The van der Waals surface area contributed by atoms with Gasteiger partial charge in [0, 0.05) is 27.6 Å². The molecule has 0 aliphatic carbocycles. The Morgan fingerprint density at radius 2 is 1.91 bits per heavy atom. The second-order valence-corrected chi connectivity index (χ2v) is 9.02. The van der Waals surface area contributed by atoms with Gasteiger partial charge >= 0.3 is 5.97 Å². The van der Waals surface area contributed by atoms with Crippen LogP contribution in [0.2, 0.25) is 5.02 Å². The number of aryl methyl sites for hydroxylation is 3. The van der Waals surface area contributed by atoms with Gasteiger partial charge in [0.15, 0.2) is 0 Å². The van der Waals surface area contributed by atoms with Crippen LogP contribution in [0.1, 0.15) is 44.3 Å². The lowest BCUT2D eigenvalue weighted by atomic mass is 9.83. The van der Waals surface area contributed by atoms with Gasteiger partial charge in [-0.1, -0.05) is 35.9 Å². The summed E-state index contributed by atoms with van der Waals surface area (Å²) in [6.07, 6.45) is 0. The topological polar surface area (TPSA) is 98.5 Å². The first-order valence-electron chi connectivity index (χ1n) is 11.0. The van der Waals surface area contributed by atoms with Crippen molar-refractivity contribution in [3.63, 3.8) is 0 Å². The van der Waals surface area contributed by atoms with E-state index in [2.05, 4.69) is 6.07 Å². The van der Waals surface area contributed by atoms with Gasteiger partial charge in [0.05, 0.1) is 5.92 Å². The lowest BCUT2D eigenvalue weighted by Crippen LogP contribution is -2.21. The predicted octanol–water partition coefficient (Wildman–Crippen LogP) is 6.45. The number of benzene rings is 3. The van der Waals surface area contributed by atoms with E-state index < -0.39 is 11.9 Å². The molecule has 2 N–H and O–H groups in total. The van der Waals surface area contributed by atoms with Crippen LogP contribution in [0.4, 0.5) is 0 Å². The Kier molecular flexibility index (Phi) is 5.50. The highest BCUT2D eigenvalue weighted by molar-refractivity contribution is 6.30. The van der Waals surface area contributed by atoms with Gasteiger partial charge in [-0.3, -0.25) is 0 Å². The van der Waals surface area contributed by atoms with E-state index in [4.69, 9.17) is 31.2 Å². The molecule has 6 nitrogen and oxygen atoms in total. The molecule has 1 aliphatic heterocycles. The molecule has 2 heterocycles. The third kappa shape index (κ3) is 3.90. The standard InChI is InChI=1S/C28H21ClN2O4/c1-14-9-15(2)24-16(3)26(34-23(24)10-14)28(32)33-19-7-8-20-22(12-19)35-27(31)21(13-30)25(20)17-5-4-6-18(29)11-17/h4-12,25H,31H2,1-3H3. The van der Waals surface area contributed by atoms with Gasteiger partial charge in [0.2, 0.25) is 11.6 Å². The molecule has 0 saturated carbocycles. The summed E-state index contributed by atoms with van der Waals surface area (Å²) in [6, 6.07) is 18.3. The molecular weight excluding hydrogens is 464 g/mol. The smallest absolute Gasteiger partial charge is 0.379 e. The number of hydrogen-bond acceptors (Lipinski definition) is 6. The minimum absolute atomic E-state index is 0.00701. The second-order valence-electron chi connectivity index (χ2n) is 8.58. The maximum Gasteiger partial charge on any atom is 0.379 e. The number of rotatable bonds is 3. The molecule has 0 spiro atoms. The summed E-state index contributed by atoms with van der Waals surface area (Å²) in [4.78, 5) is 13.0. The summed E-state index contributed by atoms with van der Waals surface area (Å²) in [5.74, 6) is -0.276. The van der Waals surface area contributed by atoms with Gasteiger partial charge in [-0.2, -0.15) is 5.26 Å². The maximum absolute atomic E-state index is 13.0. The number of nitrogens with zero attached hydrogens (tertiary/aromatic N) is 1. The van der Waals surface area contributed by atoms with Crippen molar-refractivity contribution in [3.8, 4) is 17.6 Å². The number of fused-ring (bicyclic) bond motifs is 2. The molecule has 1 aliphatic rings. The molecule has 1 unspecified atom stereocenters. The third-order valence-electron chi connectivity index (χ3n) is 6.14. The zero-order valence-electron chi connectivity index (χ0n) is 19.3. The van der Waals surface area contributed by atoms with Crippen molar-refractivity contribution in [3.05, 3.63) is 105 Å². The second kappa shape index (κ2) is 8.53. The van der Waals surface area contributed by atoms with Crippen LogP contribution in [0, 0.1) is 32.1 Å². The predicted molar refractivity (Wildman–Crippen MR) is 133 cm³/mol. The largest absolute Gasteiger partial charge is 0.449 e. The lowest BCUT2D eigenvalue weighted by molar-refractivity contribution is 0.0702. The highest BCUT2D eigenvalue weighted by Crippen LogP contribution is 2.44. The van der Waals surface area contributed by atoms with E-state index in [0.29, 0.717) is 21.9 Å².